The Balaban J connectivity index is 0.00000289. The first-order chi connectivity index (χ1) is 16.8. The van der Waals surface area contributed by atoms with Gasteiger partial charge in [0.05, 0.1) is 6.04 Å². The van der Waals surface area contributed by atoms with Gasteiger partial charge in [-0.2, -0.15) is 0 Å². The molecular weight excluding hydrogens is 472 g/mol. The Morgan fingerprint density at radius 1 is 0.829 bits per heavy atom. The number of hydrogen-bond acceptors (Lipinski definition) is 4. The second-order valence-corrected chi connectivity index (χ2v) is 9.84. The molecule has 0 bridgehead atoms. The van der Waals surface area contributed by atoms with E-state index >= 15 is 0 Å². The molecule has 3 aromatic carbocycles. The fraction of sp³-hybridized carbons (Fsp3) is 0.267. The van der Waals surface area contributed by atoms with Gasteiger partial charge in [-0.1, -0.05) is 78.9 Å². The van der Waals surface area contributed by atoms with Crippen LogP contribution in [0.15, 0.2) is 90.3 Å². The molecule has 0 N–H and O–H groups in total. The van der Waals surface area contributed by atoms with Crippen molar-refractivity contribution in [2.75, 3.05) is 32.7 Å². The summed E-state index contributed by atoms with van der Waals surface area (Å²) < 4.78 is 1.23. The summed E-state index contributed by atoms with van der Waals surface area (Å²) in [6, 6.07) is 30.3. The highest BCUT2D eigenvalue weighted by molar-refractivity contribution is 7.17. The van der Waals surface area contributed by atoms with Gasteiger partial charge in [0, 0.05) is 52.8 Å². The lowest BCUT2D eigenvalue weighted by atomic mass is 9.96. The van der Waals surface area contributed by atoms with Crippen LogP contribution in [0.3, 0.4) is 0 Å². The lowest BCUT2D eigenvalue weighted by Gasteiger charge is -2.39. The van der Waals surface area contributed by atoms with Gasteiger partial charge in [0.1, 0.15) is 5.94 Å². The predicted octanol–water partition coefficient (Wildman–Crippen LogP) is 6.73. The monoisotopic (exact) mass is 502 g/mol. The summed E-state index contributed by atoms with van der Waals surface area (Å²) in [4.78, 5) is 16.9. The molecule has 35 heavy (non-hydrogen) atoms. The molecule has 1 aliphatic heterocycles. The van der Waals surface area contributed by atoms with Crippen molar-refractivity contribution in [3.63, 3.8) is 0 Å². The molecule has 0 aliphatic carbocycles. The minimum atomic E-state index is 0. The van der Waals surface area contributed by atoms with Gasteiger partial charge >= 0.3 is 0 Å². The van der Waals surface area contributed by atoms with Crippen molar-refractivity contribution < 1.29 is 4.79 Å². The number of allylic oxidation sites excluding steroid dienone is 1. The van der Waals surface area contributed by atoms with Crippen LogP contribution < -0.4 is 0 Å². The Morgan fingerprint density at radius 3 is 2.06 bits per heavy atom. The topological polar surface area (TPSA) is 23.6 Å². The van der Waals surface area contributed by atoms with Crippen LogP contribution in [0.2, 0.25) is 0 Å². The van der Waals surface area contributed by atoms with Crippen molar-refractivity contribution >= 4 is 45.3 Å². The van der Waals surface area contributed by atoms with Crippen LogP contribution in [0.1, 0.15) is 35.6 Å². The van der Waals surface area contributed by atoms with E-state index in [0.29, 0.717) is 6.04 Å². The Labute approximate surface area is 218 Å². The number of nitrogens with zero attached hydrogens (tertiary/aromatic N) is 2. The zero-order chi connectivity index (χ0) is 23.2. The summed E-state index contributed by atoms with van der Waals surface area (Å²) in [6.45, 7) is 5.21. The summed E-state index contributed by atoms with van der Waals surface area (Å²) in [6.07, 6.45) is 1.76. The maximum atomic E-state index is 11.7. The zero-order valence-corrected chi connectivity index (χ0v) is 21.4. The summed E-state index contributed by atoms with van der Waals surface area (Å²) in [5.41, 5.74) is 4.58. The first kappa shape index (κ1) is 25.4. The molecule has 1 aliphatic rings. The van der Waals surface area contributed by atoms with Gasteiger partial charge in [-0.3, -0.25) is 4.90 Å². The lowest BCUT2D eigenvalue weighted by molar-refractivity contribution is 0.109. The maximum absolute atomic E-state index is 11.7. The Morgan fingerprint density at radius 2 is 1.43 bits per heavy atom. The standard InChI is InChI=1S/C30H30N2OS.ClH/c33-22-26(28-23-34-29-16-8-7-15-27(28)29)14-9-17-31-18-20-32(21-19-31)30(24-10-3-1-4-11-24)25-12-5-2-6-13-25;/h1-8,10-13,15-16,23,30H,9,14,17-21H2;1H. The van der Waals surface area contributed by atoms with Crippen molar-refractivity contribution in [3.05, 3.63) is 107 Å². The van der Waals surface area contributed by atoms with Gasteiger partial charge in [0.15, 0.2) is 0 Å². The molecule has 0 atom stereocenters. The van der Waals surface area contributed by atoms with E-state index in [1.165, 1.54) is 21.2 Å². The maximum Gasteiger partial charge on any atom is 0.128 e. The van der Waals surface area contributed by atoms with Crippen LogP contribution in [0.25, 0.3) is 15.7 Å². The second kappa shape index (κ2) is 12.3. The van der Waals surface area contributed by atoms with E-state index in [1.54, 1.807) is 11.3 Å². The summed E-state index contributed by atoms with van der Waals surface area (Å²) in [5, 5.41) is 3.28. The van der Waals surface area contributed by atoms with Gasteiger partial charge in [0.25, 0.3) is 0 Å². The van der Waals surface area contributed by atoms with Crippen LogP contribution in [-0.2, 0) is 4.79 Å². The van der Waals surface area contributed by atoms with Crippen molar-refractivity contribution in [3.8, 4) is 0 Å². The van der Waals surface area contributed by atoms with E-state index in [-0.39, 0.29) is 12.4 Å². The van der Waals surface area contributed by atoms with Gasteiger partial charge in [-0.25, -0.2) is 4.79 Å². The number of thiophene rings is 1. The van der Waals surface area contributed by atoms with Gasteiger partial charge in [-0.15, -0.1) is 23.7 Å². The molecule has 1 saturated heterocycles. The van der Waals surface area contributed by atoms with Crippen molar-refractivity contribution in [2.45, 2.75) is 18.9 Å². The van der Waals surface area contributed by atoms with Crippen molar-refractivity contribution in [2.24, 2.45) is 0 Å². The third kappa shape index (κ3) is 5.92. The Bertz CT molecular complexity index is 1220. The van der Waals surface area contributed by atoms with E-state index < -0.39 is 0 Å². The highest BCUT2D eigenvalue weighted by Crippen LogP contribution is 2.32. The molecule has 180 valence electrons. The molecule has 5 heteroatoms. The molecule has 5 rings (SSSR count). The van der Waals surface area contributed by atoms with E-state index in [2.05, 4.69) is 93.9 Å². The second-order valence-electron chi connectivity index (χ2n) is 8.93. The quantitative estimate of drug-likeness (QED) is 0.250. The predicted molar refractivity (Wildman–Crippen MR) is 150 cm³/mol. The first-order valence-corrected chi connectivity index (χ1v) is 13.0. The third-order valence-electron chi connectivity index (χ3n) is 6.83. The molecule has 0 radical (unpaired) electrons. The fourth-order valence-electron chi connectivity index (χ4n) is 5.06. The van der Waals surface area contributed by atoms with Crippen LogP contribution in [0.5, 0.6) is 0 Å². The zero-order valence-electron chi connectivity index (χ0n) is 19.8. The average Bonchev–Trinajstić information content (AvgIpc) is 3.33. The van der Waals surface area contributed by atoms with Crippen LogP contribution in [0, 0.1) is 0 Å². The highest BCUT2D eigenvalue weighted by Gasteiger charge is 2.26. The van der Waals surface area contributed by atoms with E-state index in [0.717, 1.165) is 56.7 Å². The van der Waals surface area contributed by atoms with Gasteiger partial charge < -0.3 is 4.90 Å². The molecule has 0 saturated carbocycles. The number of halogens is 1. The molecule has 1 fully saturated rings. The Kier molecular flexibility index (Phi) is 8.92. The largest absolute Gasteiger partial charge is 0.301 e. The van der Waals surface area contributed by atoms with Gasteiger partial charge in [-0.05, 0) is 36.6 Å². The minimum absolute atomic E-state index is 0. The minimum Gasteiger partial charge on any atom is -0.301 e. The highest BCUT2D eigenvalue weighted by atomic mass is 35.5. The van der Waals surface area contributed by atoms with Gasteiger partial charge in [0.2, 0.25) is 0 Å². The average molecular weight is 503 g/mol. The van der Waals surface area contributed by atoms with E-state index in [1.807, 2.05) is 12.1 Å². The molecule has 0 spiro atoms. The van der Waals surface area contributed by atoms with Crippen LogP contribution >= 0.6 is 23.7 Å². The smallest absolute Gasteiger partial charge is 0.128 e. The number of rotatable bonds is 8. The molecule has 3 nitrogen and oxygen atoms in total. The number of piperazine rings is 1. The lowest BCUT2D eigenvalue weighted by Crippen LogP contribution is -2.48. The molecule has 4 aromatic rings. The molecule has 0 amide bonds. The number of fused-ring (bicyclic) bond motifs is 1. The molecule has 0 unspecified atom stereocenters. The Hall–Kier alpha value is -2.72. The van der Waals surface area contributed by atoms with Crippen molar-refractivity contribution in [1.82, 2.24) is 9.80 Å². The van der Waals surface area contributed by atoms with Crippen molar-refractivity contribution in [1.29, 1.82) is 0 Å². The molecule has 1 aromatic heterocycles. The summed E-state index contributed by atoms with van der Waals surface area (Å²) >= 11 is 1.70. The number of benzene rings is 3. The summed E-state index contributed by atoms with van der Waals surface area (Å²) in [7, 11) is 0. The van der Waals surface area contributed by atoms with E-state index in [4.69, 9.17) is 0 Å². The number of hydrogen-bond donors (Lipinski definition) is 0. The molecule has 2 heterocycles. The van der Waals surface area contributed by atoms with Crippen LogP contribution in [-0.4, -0.2) is 48.5 Å². The fourth-order valence-corrected chi connectivity index (χ4v) is 6.04. The van der Waals surface area contributed by atoms with E-state index in [9.17, 15) is 4.79 Å². The molecular formula is C30H31ClN2OS. The third-order valence-corrected chi connectivity index (χ3v) is 7.80. The van der Waals surface area contributed by atoms with Crippen LogP contribution in [0.4, 0.5) is 0 Å². The summed E-state index contributed by atoms with van der Waals surface area (Å²) in [5.74, 6) is 2.24. The number of carbonyl (C=O) groups excluding carboxylic acids is 1. The normalized spacial score (nSPS) is 14.5. The first-order valence-electron chi connectivity index (χ1n) is 12.1. The SMILES string of the molecule is Cl.O=C=C(CCCN1CCN(C(c2ccccc2)c2ccccc2)CC1)c1csc2ccccc12.